The summed E-state index contributed by atoms with van der Waals surface area (Å²) in [6.07, 6.45) is 2.53. The number of halogens is 1. The van der Waals surface area contributed by atoms with Crippen molar-refractivity contribution in [2.24, 2.45) is 0 Å². The van der Waals surface area contributed by atoms with Crippen molar-refractivity contribution in [3.8, 4) is 5.75 Å². The molecule has 1 rings (SSSR count). The third-order valence-electron chi connectivity index (χ3n) is 2.46. The van der Waals surface area contributed by atoms with Gasteiger partial charge in [-0.2, -0.15) is 0 Å². The largest absolute Gasteiger partial charge is 0.493 e. The molecule has 0 saturated carbocycles. The lowest BCUT2D eigenvalue weighted by Gasteiger charge is -2.13. The highest BCUT2D eigenvalue weighted by Gasteiger charge is 2.09. The van der Waals surface area contributed by atoms with E-state index in [4.69, 9.17) is 4.74 Å². The first-order chi connectivity index (χ1) is 7.69. The fourth-order valence-electron chi connectivity index (χ4n) is 1.36. The van der Waals surface area contributed by atoms with Gasteiger partial charge in [-0.1, -0.05) is 12.1 Å². The predicted molar refractivity (Wildman–Crippen MR) is 64.2 cm³/mol. The Labute approximate surface area is 96.1 Å². The van der Waals surface area contributed by atoms with E-state index in [0.717, 1.165) is 6.42 Å². The Morgan fingerprint density at radius 2 is 2.31 bits per heavy atom. The molecule has 0 spiro atoms. The highest BCUT2D eigenvalue weighted by atomic mass is 19.1. The van der Waals surface area contributed by atoms with Gasteiger partial charge in [0.25, 0.3) is 0 Å². The van der Waals surface area contributed by atoms with Gasteiger partial charge >= 0.3 is 0 Å². The minimum atomic E-state index is -0.238. The van der Waals surface area contributed by atoms with Gasteiger partial charge in [0.2, 0.25) is 0 Å². The van der Waals surface area contributed by atoms with Crippen molar-refractivity contribution in [1.29, 1.82) is 0 Å². The Kier molecular flexibility index (Phi) is 4.99. The van der Waals surface area contributed by atoms with Crippen molar-refractivity contribution in [2.45, 2.75) is 19.4 Å². The number of benzene rings is 1. The molecule has 0 amide bonds. The summed E-state index contributed by atoms with van der Waals surface area (Å²) < 4.78 is 19.0. The molecule has 1 N–H and O–H groups in total. The first-order valence-electron chi connectivity index (χ1n) is 5.39. The minimum absolute atomic E-state index is 0.00206. The molecule has 3 heteroatoms. The summed E-state index contributed by atoms with van der Waals surface area (Å²) in [7, 11) is 1.80. The van der Waals surface area contributed by atoms with Crippen LogP contribution in [0, 0.1) is 5.82 Å². The van der Waals surface area contributed by atoms with Gasteiger partial charge in [0.1, 0.15) is 11.6 Å². The lowest BCUT2D eigenvalue weighted by Crippen LogP contribution is -2.13. The van der Waals surface area contributed by atoms with Crippen LogP contribution in [0.4, 0.5) is 4.39 Å². The van der Waals surface area contributed by atoms with Gasteiger partial charge < -0.3 is 10.1 Å². The molecule has 0 aliphatic carbocycles. The molecule has 0 fully saturated rings. The smallest absolute Gasteiger partial charge is 0.131 e. The molecule has 0 aliphatic heterocycles. The van der Waals surface area contributed by atoms with Crippen LogP contribution < -0.4 is 10.1 Å². The van der Waals surface area contributed by atoms with E-state index < -0.39 is 0 Å². The predicted octanol–water partition coefficient (Wildman–Crippen LogP) is 3.06. The first kappa shape index (κ1) is 12.7. The van der Waals surface area contributed by atoms with Gasteiger partial charge in [-0.15, -0.1) is 6.58 Å². The number of nitrogens with one attached hydrogen (secondary N) is 1. The average molecular weight is 223 g/mol. The third-order valence-corrected chi connectivity index (χ3v) is 2.46. The summed E-state index contributed by atoms with van der Waals surface area (Å²) >= 11 is 0. The standard InChI is InChI=1S/C13H18FNO/c1-4-5-8-16-11-6-7-12(10(2)15-3)13(14)9-11/h4,6-7,9-10,15H,1,5,8H2,2-3H3. The Bertz CT molecular complexity index is 352. The second kappa shape index (κ2) is 6.28. The maximum Gasteiger partial charge on any atom is 0.131 e. The van der Waals surface area contributed by atoms with Crippen LogP contribution in [-0.4, -0.2) is 13.7 Å². The van der Waals surface area contributed by atoms with Crippen LogP contribution in [-0.2, 0) is 0 Å². The molecular weight excluding hydrogens is 205 g/mol. The minimum Gasteiger partial charge on any atom is -0.493 e. The normalized spacial score (nSPS) is 12.2. The number of rotatable bonds is 6. The van der Waals surface area contributed by atoms with E-state index in [1.807, 2.05) is 6.92 Å². The fraction of sp³-hybridized carbons (Fsp3) is 0.385. The average Bonchev–Trinajstić information content (AvgIpc) is 2.29. The van der Waals surface area contributed by atoms with E-state index in [0.29, 0.717) is 17.9 Å². The zero-order chi connectivity index (χ0) is 12.0. The summed E-state index contributed by atoms with van der Waals surface area (Å²) in [5.74, 6) is 0.323. The van der Waals surface area contributed by atoms with Gasteiger partial charge in [0.05, 0.1) is 6.61 Å². The lowest BCUT2D eigenvalue weighted by atomic mass is 10.1. The van der Waals surface area contributed by atoms with Crippen LogP contribution >= 0.6 is 0 Å². The van der Waals surface area contributed by atoms with Crippen LogP contribution in [0.1, 0.15) is 24.9 Å². The van der Waals surface area contributed by atoms with E-state index in [1.54, 1.807) is 25.3 Å². The summed E-state index contributed by atoms with van der Waals surface area (Å²) in [6.45, 7) is 6.04. The molecule has 0 heterocycles. The SMILES string of the molecule is C=CCCOc1ccc(C(C)NC)c(F)c1. The van der Waals surface area contributed by atoms with Crippen molar-refractivity contribution in [3.05, 3.63) is 42.2 Å². The summed E-state index contributed by atoms with van der Waals surface area (Å²) in [5, 5.41) is 3.00. The fourth-order valence-corrected chi connectivity index (χ4v) is 1.36. The highest BCUT2D eigenvalue weighted by Crippen LogP contribution is 2.21. The van der Waals surface area contributed by atoms with Gasteiger partial charge in [-0.3, -0.25) is 0 Å². The van der Waals surface area contributed by atoms with Gasteiger partial charge in [0.15, 0.2) is 0 Å². The Hall–Kier alpha value is -1.35. The molecule has 0 saturated heterocycles. The zero-order valence-electron chi connectivity index (χ0n) is 9.79. The van der Waals surface area contributed by atoms with Crippen LogP contribution in [0.15, 0.2) is 30.9 Å². The molecule has 1 aromatic carbocycles. The number of ether oxygens (including phenoxy) is 1. The van der Waals surface area contributed by atoms with E-state index in [2.05, 4.69) is 11.9 Å². The monoisotopic (exact) mass is 223 g/mol. The first-order valence-corrected chi connectivity index (χ1v) is 5.39. The molecule has 0 bridgehead atoms. The van der Waals surface area contributed by atoms with Crippen LogP contribution in [0.5, 0.6) is 5.75 Å². The maximum atomic E-state index is 13.7. The molecule has 16 heavy (non-hydrogen) atoms. The van der Waals surface area contributed by atoms with E-state index >= 15 is 0 Å². The van der Waals surface area contributed by atoms with E-state index in [-0.39, 0.29) is 11.9 Å². The Morgan fingerprint density at radius 3 is 2.88 bits per heavy atom. The highest BCUT2D eigenvalue weighted by molar-refractivity contribution is 5.30. The zero-order valence-corrected chi connectivity index (χ0v) is 9.79. The molecular formula is C13H18FNO. The van der Waals surface area contributed by atoms with Crippen molar-refractivity contribution < 1.29 is 9.13 Å². The van der Waals surface area contributed by atoms with Crippen LogP contribution in [0.25, 0.3) is 0 Å². The number of hydrogen-bond donors (Lipinski definition) is 1. The third kappa shape index (κ3) is 3.35. The molecule has 1 aromatic rings. The number of hydrogen-bond acceptors (Lipinski definition) is 2. The van der Waals surface area contributed by atoms with E-state index in [1.165, 1.54) is 6.07 Å². The van der Waals surface area contributed by atoms with Gasteiger partial charge in [0, 0.05) is 17.7 Å². The topological polar surface area (TPSA) is 21.3 Å². The Morgan fingerprint density at radius 1 is 1.56 bits per heavy atom. The van der Waals surface area contributed by atoms with Crippen LogP contribution in [0.3, 0.4) is 0 Å². The molecule has 0 radical (unpaired) electrons. The molecule has 0 aromatic heterocycles. The quantitative estimate of drug-likeness (QED) is 0.591. The summed E-state index contributed by atoms with van der Waals surface area (Å²) in [6, 6.07) is 4.96. The maximum absolute atomic E-state index is 13.7. The molecule has 88 valence electrons. The van der Waals surface area contributed by atoms with E-state index in [9.17, 15) is 4.39 Å². The van der Waals surface area contributed by atoms with Crippen molar-refractivity contribution in [2.75, 3.05) is 13.7 Å². The van der Waals surface area contributed by atoms with Gasteiger partial charge in [-0.25, -0.2) is 4.39 Å². The van der Waals surface area contributed by atoms with Crippen molar-refractivity contribution >= 4 is 0 Å². The second-order valence-electron chi connectivity index (χ2n) is 3.62. The second-order valence-corrected chi connectivity index (χ2v) is 3.62. The summed E-state index contributed by atoms with van der Waals surface area (Å²) in [4.78, 5) is 0. The van der Waals surface area contributed by atoms with Crippen molar-refractivity contribution in [1.82, 2.24) is 5.32 Å². The summed E-state index contributed by atoms with van der Waals surface area (Å²) in [5.41, 5.74) is 0.651. The lowest BCUT2D eigenvalue weighted by molar-refractivity contribution is 0.323. The molecule has 2 nitrogen and oxygen atoms in total. The van der Waals surface area contributed by atoms with Gasteiger partial charge in [-0.05, 0) is 26.5 Å². The molecule has 1 unspecified atom stereocenters. The molecule has 0 aliphatic rings. The Balaban J connectivity index is 2.70. The van der Waals surface area contributed by atoms with Crippen LogP contribution in [0.2, 0.25) is 0 Å². The van der Waals surface area contributed by atoms with Crippen molar-refractivity contribution in [3.63, 3.8) is 0 Å². The molecule has 1 atom stereocenters.